The smallest absolute Gasteiger partial charge is 0.214 e. The maximum Gasteiger partial charge on any atom is 0.214 e. The average Bonchev–Trinajstić information content (AvgIpc) is 3.09. The second-order valence-corrected chi connectivity index (χ2v) is 5.65. The van der Waals surface area contributed by atoms with E-state index in [1.807, 2.05) is 42.5 Å². The van der Waals surface area contributed by atoms with E-state index >= 15 is 0 Å². The molecule has 118 valence electrons. The summed E-state index contributed by atoms with van der Waals surface area (Å²) in [6, 6.07) is 15.6. The predicted octanol–water partition coefficient (Wildman–Crippen LogP) is 2.97. The summed E-state index contributed by atoms with van der Waals surface area (Å²) in [6.45, 7) is 0. The van der Waals surface area contributed by atoms with Crippen molar-refractivity contribution in [3.8, 4) is 17.2 Å². The number of aromatic nitrogens is 4. The monoisotopic (exact) mass is 328 g/mol. The van der Waals surface area contributed by atoms with Crippen LogP contribution >= 0.6 is 11.8 Å². The maximum absolute atomic E-state index is 5.24. The predicted molar refractivity (Wildman–Crippen MR) is 88.3 cm³/mol. The molecule has 3 aromatic rings. The van der Waals surface area contributed by atoms with Crippen LogP contribution in [0, 0.1) is 0 Å². The van der Waals surface area contributed by atoms with Crippen LogP contribution in [-0.2, 0) is 5.75 Å². The summed E-state index contributed by atoms with van der Waals surface area (Å²) < 4.78 is 12.1. The van der Waals surface area contributed by atoms with Crippen molar-refractivity contribution >= 4 is 11.8 Å². The molecule has 0 spiro atoms. The summed E-state index contributed by atoms with van der Waals surface area (Å²) in [5.41, 5.74) is 2.04. The highest BCUT2D eigenvalue weighted by Gasteiger charge is 2.09. The lowest BCUT2D eigenvalue weighted by Gasteiger charge is -2.06. The number of tetrazole rings is 1. The van der Waals surface area contributed by atoms with Gasteiger partial charge in [-0.25, -0.2) is 0 Å². The first-order valence-corrected chi connectivity index (χ1v) is 7.97. The van der Waals surface area contributed by atoms with Crippen LogP contribution < -0.4 is 9.47 Å². The number of thioether (sulfide) groups is 1. The normalized spacial score (nSPS) is 10.5. The lowest BCUT2D eigenvalue weighted by atomic mass is 10.2. The largest absolute Gasteiger partial charge is 0.497 e. The van der Waals surface area contributed by atoms with Gasteiger partial charge in [-0.15, -0.1) is 5.10 Å². The zero-order valence-electron chi connectivity index (χ0n) is 12.8. The van der Waals surface area contributed by atoms with Crippen molar-refractivity contribution in [3.63, 3.8) is 0 Å². The molecule has 0 aliphatic rings. The molecule has 7 heteroatoms. The van der Waals surface area contributed by atoms with Crippen molar-refractivity contribution in [3.05, 3.63) is 54.1 Å². The number of ether oxygens (including phenoxy) is 2. The Labute approximate surface area is 138 Å². The second-order valence-electron chi connectivity index (χ2n) is 4.71. The number of hydrogen-bond donors (Lipinski definition) is 0. The fourth-order valence-electron chi connectivity index (χ4n) is 2.06. The first-order valence-electron chi connectivity index (χ1n) is 6.98. The second kappa shape index (κ2) is 7.15. The molecule has 0 bridgehead atoms. The zero-order valence-corrected chi connectivity index (χ0v) is 13.7. The van der Waals surface area contributed by atoms with Crippen LogP contribution in [0.15, 0.2) is 53.7 Å². The van der Waals surface area contributed by atoms with Gasteiger partial charge in [0.05, 0.1) is 19.9 Å². The van der Waals surface area contributed by atoms with E-state index in [1.54, 1.807) is 30.7 Å². The lowest BCUT2D eigenvalue weighted by molar-refractivity contribution is 0.414. The molecule has 0 N–H and O–H groups in total. The van der Waals surface area contributed by atoms with Crippen molar-refractivity contribution in [1.82, 2.24) is 20.2 Å². The van der Waals surface area contributed by atoms with E-state index in [1.165, 1.54) is 0 Å². The van der Waals surface area contributed by atoms with E-state index in [2.05, 4.69) is 21.6 Å². The van der Waals surface area contributed by atoms with Crippen LogP contribution in [0.5, 0.6) is 11.5 Å². The summed E-state index contributed by atoms with van der Waals surface area (Å²) in [6.07, 6.45) is 0. The SMILES string of the molecule is COc1ccc(-n2nnnc2SCc2cccc(OC)c2)cc1. The first-order chi connectivity index (χ1) is 11.3. The minimum atomic E-state index is 0.734. The fourth-order valence-corrected chi connectivity index (χ4v) is 2.90. The number of benzene rings is 2. The summed E-state index contributed by atoms with van der Waals surface area (Å²) in [4.78, 5) is 0. The van der Waals surface area contributed by atoms with E-state index < -0.39 is 0 Å². The third kappa shape index (κ3) is 3.62. The third-order valence-corrected chi connectivity index (χ3v) is 4.25. The van der Waals surface area contributed by atoms with Gasteiger partial charge in [-0.05, 0) is 52.4 Å². The van der Waals surface area contributed by atoms with Gasteiger partial charge in [0.2, 0.25) is 5.16 Å². The number of methoxy groups -OCH3 is 2. The van der Waals surface area contributed by atoms with Crippen LogP contribution in [-0.4, -0.2) is 34.4 Å². The Bertz CT molecular complexity index is 774. The van der Waals surface area contributed by atoms with Gasteiger partial charge < -0.3 is 9.47 Å². The first kappa shape index (κ1) is 15.4. The highest BCUT2D eigenvalue weighted by Crippen LogP contribution is 2.25. The maximum atomic E-state index is 5.24. The molecule has 0 aliphatic heterocycles. The van der Waals surface area contributed by atoms with Gasteiger partial charge in [0.1, 0.15) is 11.5 Å². The lowest BCUT2D eigenvalue weighted by Crippen LogP contribution is -1.99. The third-order valence-electron chi connectivity index (χ3n) is 3.26. The van der Waals surface area contributed by atoms with Crippen molar-refractivity contribution in [2.75, 3.05) is 14.2 Å². The Morgan fingerprint density at radius 2 is 1.78 bits per heavy atom. The van der Waals surface area contributed by atoms with Crippen molar-refractivity contribution in [2.45, 2.75) is 10.9 Å². The standard InChI is InChI=1S/C16H16N4O2S/c1-21-14-8-6-13(7-9-14)20-16(17-18-19-20)23-11-12-4-3-5-15(10-12)22-2/h3-10H,11H2,1-2H3. The Balaban J connectivity index is 1.75. The minimum Gasteiger partial charge on any atom is -0.497 e. The van der Waals surface area contributed by atoms with E-state index in [9.17, 15) is 0 Å². The molecule has 23 heavy (non-hydrogen) atoms. The van der Waals surface area contributed by atoms with Crippen LogP contribution in [0.4, 0.5) is 0 Å². The summed E-state index contributed by atoms with van der Waals surface area (Å²) >= 11 is 1.57. The van der Waals surface area contributed by atoms with Crippen LogP contribution in [0.3, 0.4) is 0 Å². The van der Waals surface area contributed by atoms with Gasteiger partial charge in [-0.3, -0.25) is 0 Å². The minimum absolute atomic E-state index is 0.734. The van der Waals surface area contributed by atoms with Crippen molar-refractivity contribution in [2.24, 2.45) is 0 Å². The van der Waals surface area contributed by atoms with Crippen LogP contribution in [0.25, 0.3) is 5.69 Å². The quantitative estimate of drug-likeness (QED) is 0.648. The van der Waals surface area contributed by atoms with Crippen LogP contribution in [0.2, 0.25) is 0 Å². The molecule has 0 radical (unpaired) electrons. The highest BCUT2D eigenvalue weighted by atomic mass is 32.2. The Morgan fingerprint density at radius 1 is 1.00 bits per heavy atom. The molecule has 0 aliphatic carbocycles. The topological polar surface area (TPSA) is 62.1 Å². The molecule has 0 atom stereocenters. The van der Waals surface area contributed by atoms with E-state index in [-0.39, 0.29) is 0 Å². The fraction of sp³-hybridized carbons (Fsp3) is 0.188. The van der Waals surface area contributed by atoms with Crippen molar-refractivity contribution < 1.29 is 9.47 Å². The molecule has 3 rings (SSSR count). The molecule has 1 heterocycles. The molecular weight excluding hydrogens is 312 g/mol. The Hall–Kier alpha value is -2.54. The van der Waals surface area contributed by atoms with Gasteiger partial charge in [-0.2, -0.15) is 4.68 Å². The van der Waals surface area contributed by atoms with Crippen LogP contribution in [0.1, 0.15) is 5.56 Å². The van der Waals surface area contributed by atoms with Gasteiger partial charge in [0, 0.05) is 5.75 Å². The molecule has 1 aromatic heterocycles. The summed E-state index contributed by atoms with van der Waals surface area (Å²) in [7, 11) is 3.30. The summed E-state index contributed by atoms with van der Waals surface area (Å²) in [5, 5.41) is 12.7. The molecular formula is C16H16N4O2S. The summed E-state index contributed by atoms with van der Waals surface area (Å²) in [5.74, 6) is 2.40. The Morgan fingerprint density at radius 3 is 2.52 bits per heavy atom. The molecule has 6 nitrogen and oxygen atoms in total. The van der Waals surface area contributed by atoms with E-state index in [4.69, 9.17) is 9.47 Å². The van der Waals surface area contributed by atoms with E-state index in [0.29, 0.717) is 0 Å². The van der Waals surface area contributed by atoms with E-state index in [0.717, 1.165) is 33.7 Å². The van der Waals surface area contributed by atoms with Gasteiger partial charge in [0.25, 0.3) is 0 Å². The number of nitrogens with zero attached hydrogens (tertiary/aromatic N) is 4. The van der Waals surface area contributed by atoms with Crippen molar-refractivity contribution in [1.29, 1.82) is 0 Å². The van der Waals surface area contributed by atoms with Gasteiger partial charge in [-0.1, -0.05) is 23.9 Å². The molecule has 0 saturated carbocycles. The molecule has 0 saturated heterocycles. The van der Waals surface area contributed by atoms with Gasteiger partial charge in [0.15, 0.2) is 0 Å². The molecule has 0 amide bonds. The molecule has 0 fully saturated rings. The molecule has 2 aromatic carbocycles. The highest BCUT2D eigenvalue weighted by molar-refractivity contribution is 7.98. The Kier molecular flexibility index (Phi) is 4.77. The zero-order chi connectivity index (χ0) is 16.1. The molecule has 0 unspecified atom stereocenters. The number of rotatable bonds is 6. The average molecular weight is 328 g/mol. The van der Waals surface area contributed by atoms with Gasteiger partial charge >= 0.3 is 0 Å². The number of hydrogen-bond acceptors (Lipinski definition) is 6.